The molecule has 2 rings (SSSR count). The molecule has 0 saturated heterocycles. The van der Waals surface area contributed by atoms with Crippen molar-refractivity contribution in [1.82, 2.24) is 15.2 Å². The van der Waals surface area contributed by atoms with Gasteiger partial charge < -0.3 is 4.52 Å². The molecule has 0 unspecified atom stereocenters. The highest BCUT2D eigenvalue weighted by molar-refractivity contribution is 5.75. The van der Waals surface area contributed by atoms with E-state index in [4.69, 9.17) is 4.84 Å². The summed E-state index contributed by atoms with van der Waals surface area (Å²) in [5.74, 6) is -1.63. The third-order valence-corrected chi connectivity index (χ3v) is 3.68. The van der Waals surface area contributed by atoms with E-state index in [2.05, 4.69) is 14.7 Å². The van der Waals surface area contributed by atoms with Crippen LogP contribution >= 0.6 is 0 Å². The normalized spacial score (nSPS) is 11.6. The van der Waals surface area contributed by atoms with Crippen molar-refractivity contribution in [2.24, 2.45) is 0 Å². The average Bonchev–Trinajstić information content (AvgIpc) is 3.14. The van der Waals surface area contributed by atoms with E-state index in [0.29, 0.717) is 18.6 Å². The van der Waals surface area contributed by atoms with Gasteiger partial charge in [-0.1, -0.05) is 49.7 Å². The molecule has 0 saturated carbocycles. The van der Waals surface area contributed by atoms with E-state index in [-0.39, 0.29) is 18.3 Å². The minimum atomic E-state index is -4.68. The summed E-state index contributed by atoms with van der Waals surface area (Å²) in [6, 6.07) is 6.53. The molecule has 1 aromatic heterocycles. The molecule has 1 amide bonds. The van der Waals surface area contributed by atoms with Gasteiger partial charge in [0.25, 0.3) is 0 Å². The van der Waals surface area contributed by atoms with Gasteiger partial charge in [-0.2, -0.15) is 18.2 Å². The molecular weight excluding hydrogens is 363 g/mol. The zero-order valence-electron chi connectivity index (χ0n) is 15.3. The number of benzene rings is 1. The fourth-order valence-electron chi connectivity index (χ4n) is 2.24. The summed E-state index contributed by atoms with van der Waals surface area (Å²) in [6.45, 7) is 4.64. The van der Waals surface area contributed by atoms with Crippen LogP contribution in [0, 0.1) is 0 Å². The van der Waals surface area contributed by atoms with Crippen LogP contribution in [0.25, 0.3) is 11.4 Å². The lowest BCUT2D eigenvalue weighted by Gasteiger charge is -2.22. The van der Waals surface area contributed by atoms with Crippen LogP contribution in [0.2, 0.25) is 0 Å². The first kappa shape index (κ1) is 20.9. The van der Waals surface area contributed by atoms with E-state index in [1.807, 2.05) is 13.8 Å². The predicted molar refractivity (Wildman–Crippen MR) is 91.1 cm³/mol. The zero-order valence-corrected chi connectivity index (χ0v) is 15.3. The van der Waals surface area contributed by atoms with Gasteiger partial charge in [-0.15, -0.1) is 0 Å². The van der Waals surface area contributed by atoms with Crippen molar-refractivity contribution in [3.63, 3.8) is 0 Å². The predicted octanol–water partition coefficient (Wildman–Crippen LogP) is 4.62. The molecule has 148 valence electrons. The third-order valence-electron chi connectivity index (χ3n) is 3.68. The highest BCUT2D eigenvalue weighted by Gasteiger charge is 2.38. The van der Waals surface area contributed by atoms with Gasteiger partial charge in [-0.25, -0.2) is 5.06 Å². The first-order valence-electron chi connectivity index (χ1n) is 8.78. The minimum absolute atomic E-state index is 0.0950. The Morgan fingerprint density at radius 3 is 2.44 bits per heavy atom. The van der Waals surface area contributed by atoms with Crippen molar-refractivity contribution in [1.29, 1.82) is 0 Å². The Labute approximate surface area is 155 Å². The number of alkyl halides is 3. The van der Waals surface area contributed by atoms with Gasteiger partial charge in [0.1, 0.15) is 0 Å². The molecule has 0 bridgehead atoms. The molecule has 0 aliphatic rings. The van der Waals surface area contributed by atoms with Crippen LogP contribution < -0.4 is 0 Å². The molecule has 27 heavy (non-hydrogen) atoms. The molecule has 9 heteroatoms. The third kappa shape index (κ3) is 6.06. The molecule has 0 aliphatic carbocycles. The summed E-state index contributed by atoms with van der Waals surface area (Å²) in [5, 5.41) is 4.69. The second-order valence-electron chi connectivity index (χ2n) is 5.98. The van der Waals surface area contributed by atoms with Gasteiger partial charge >= 0.3 is 12.1 Å². The summed E-state index contributed by atoms with van der Waals surface area (Å²) < 4.78 is 41.9. The maximum absolute atomic E-state index is 12.5. The van der Waals surface area contributed by atoms with Crippen LogP contribution in [0.15, 0.2) is 28.8 Å². The maximum Gasteiger partial charge on any atom is 0.471 e. The second-order valence-corrected chi connectivity index (χ2v) is 5.98. The summed E-state index contributed by atoms with van der Waals surface area (Å²) in [7, 11) is 0. The van der Waals surface area contributed by atoms with Crippen molar-refractivity contribution in [2.75, 3.05) is 6.61 Å². The number of hydrogen-bond acceptors (Lipinski definition) is 5. The number of halogens is 3. The van der Waals surface area contributed by atoms with E-state index >= 15 is 0 Å². The van der Waals surface area contributed by atoms with Crippen molar-refractivity contribution < 1.29 is 27.3 Å². The summed E-state index contributed by atoms with van der Waals surface area (Å²) in [6.07, 6.45) is -1.81. The minimum Gasteiger partial charge on any atom is -0.329 e. The Bertz CT molecular complexity index is 729. The van der Waals surface area contributed by atoms with Crippen LogP contribution in [0.3, 0.4) is 0 Å². The Balaban J connectivity index is 2.08. The van der Waals surface area contributed by atoms with Gasteiger partial charge in [0, 0.05) is 12.0 Å². The van der Waals surface area contributed by atoms with Crippen LogP contribution in [0.5, 0.6) is 0 Å². The molecule has 0 spiro atoms. The van der Waals surface area contributed by atoms with E-state index < -0.39 is 12.1 Å². The van der Waals surface area contributed by atoms with Gasteiger partial charge in [-0.05, 0) is 18.4 Å². The van der Waals surface area contributed by atoms with Crippen LogP contribution in [-0.2, 0) is 22.4 Å². The number of aromatic nitrogens is 2. The van der Waals surface area contributed by atoms with Crippen LogP contribution in [0.4, 0.5) is 13.2 Å². The number of amides is 1. The SMILES string of the molecule is CCCCC(=O)N(Cc1ccc(-c2noc(C(F)(F)F)n2)cc1)OCCC. The Morgan fingerprint density at radius 2 is 1.89 bits per heavy atom. The first-order chi connectivity index (χ1) is 12.8. The number of unbranched alkanes of at least 4 members (excludes halogenated alkanes) is 1. The first-order valence-corrected chi connectivity index (χ1v) is 8.78. The molecule has 2 aromatic rings. The Hall–Kier alpha value is -2.42. The standard InChI is InChI=1S/C18H22F3N3O3/c1-3-5-6-15(25)24(26-11-4-2)12-13-7-9-14(10-8-13)16-22-17(27-23-16)18(19,20)21/h7-10H,3-6,11-12H2,1-2H3. The monoisotopic (exact) mass is 385 g/mol. The number of carbonyl (C=O) groups is 1. The lowest BCUT2D eigenvalue weighted by atomic mass is 10.1. The number of rotatable bonds is 9. The van der Waals surface area contributed by atoms with Crippen LogP contribution in [-0.4, -0.2) is 27.7 Å². The lowest BCUT2D eigenvalue weighted by Crippen LogP contribution is -2.30. The van der Waals surface area contributed by atoms with Crippen molar-refractivity contribution in [3.8, 4) is 11.4 Å². The molecular formula is C18H22F3N3O3. The molecule has 0 aliphatic heterocycles. The highest BCUT2D eigenvalue weighted by Crippen LogP contribution is 2.29. The van der Waals surface area contributed by atoms with E-state index in [9.17, 15) is 18.0 Å². The largest absolute Gasteiger partial charge is 0.471 e. The topological polar surface area (TPSA) is 68.5 Å². The Morgan fingerprint density at radius 1 is 1.19 bits per heavy atom. The van der Waals surface area contributed by atoms with E-state index in [0.717, 1.165) is 24.8 Å². The fraction of sp³-hybridized carbons (Fsp3) is 0.500. The van der Waals surface area contributed by atoms with Gasteiger partial charge in [0.05, 0.1) is 13.2 Å². The maximum atomic E-state index is 12.5. The number of nitrogens with zero attached hydrogens (tertiary/aromatic N) is 3. The number of hydrogen-bond donors (Lipinski definition) is 0. The summed E-state index contributed by atoms with van der Waals surface area (Å²) in [5.41, 5.74) is 1.16. The van der Waals surface area contributed by atoms with Crippen molar-refractivity contribution >= 4 is 5.91 Å². The quantitative estimate of drug-likeness (QED) is 0.590. The number of carbonyl (C=O) groups excluding carboxylic acids is 1. The molecule has 0 fully saturated rings. The fourth-order valence-corrected chi connectivity index (χ4v) is 2.24. The van der Waals surface area contributed by atoms with Crippen molar-refractivity contribution in [2.45, 2.75) is 52.3 Å². The Kier molecular flexibility index (Phi) is 7.35. The molecule has 0 radical (unpaired) electrons. The van der Waals surface area contributed by atoms with Gasteiger partial charge in [0.15, 0.2) is 0 Å². The molecule has 1 aromatic carbocycles. The van der Waals surface area contributed by atoms with Gasteiger partial charge in [0.2, 0.25) is 11.7 Å². The average molecular weight is 385 g/mol. The van der Waals surface area contributed by atoms with E-state index in [1.54, 1.807) is 24.3 Å². The van der Waals surface area contributed by atoms with Crippen LogP contribution in [0.1, 0.15) is 51.0 Å². The molecule has 6 nitrogen and oxygen atoms in total. The number of hydroxylamine groups is 2. The second kappa shape index (κ2) is 9.50. The highest BCUT2D eigenvalue weighted by atomic mass is 19.4. The molecule has 0 atom stereocenters. The summed E-state index contributed by atoms with van der Waals surface area (Å²) in [4.78, 5) is 21.1. The zero-order chi connectivity index (χ0) is 19.9. The smallest absolute Gasteiger partial charge is 0.329 e. The van der Waals surface area contributed by atoms with Gasteiger partial charge in [-0.3, -0.25) is 9.63 Å². The molecule has 1 heterocycles. The van der Waals surface area contributed by atoms with E-state index in [1.165, 1.54) is 5.06 Å². The van der Waals surface area contributed by atoms with Crippen molar-refractivity contribution in [3.05, 3.63) is 35.7 Å². The lowest BCUT2D eigenvalue weighted by molar-refractivity contribution is -0.190. The summed E-state index contributed by atoms with van der Waals surface area (Å²) >= 11 is 0. The molecule has 0 N–H and O–H groups in total.